The van der Waals surface area contributed by atoms with Crippen molar-refractivity contribution in [3.63, 3.8) is 0 Å². The number of ether oxygens (including phenoxy) is 1. The standard InChI is InChI=1S/C18H21ClN2O2/c1-13-12-15(19)8-9-17(13)23-11-5-7-18(22)21-14(2)16-6-3-4-10-20-16/h3-4,6,8-10,12,14H,5,7,11H2,1-2H3,(H,21,22). The molecule has 122 valence electrons. The minimum atomic E-state index is -0.0943. The van der Waals surface area contributed by atoms with Crippen molar-refractivity contribution in [2.75, 3.05) is 6.61 Å². The number of carbonyl (C=O) groups excluding carboxylic acids is 1. The van der Waals surface area contributed by atoms with Gasteiger partial charge in [0.05, 0.1) is 18.3 Å². The molecule has 0 aliphatic carbocycles. The van der Waals surface area contributed by atoms with Crippen LogP contribution in [0.1, 0.15) is 37.1 Å². The number of benzene rings is 1. The van der Waals surface area contributed by atoms with E-state index in [9.17, 15) is 4.79 Å². The molecule has 1 amide bonds. The number of nitrogens with one attached hydrogen (secondary N) is 1. The van der Waals surface area contributed by atoms with Crippen LogP contribution in [0, 0.1) is 6.92 Å². The van der Waals surface area contributed by atoms with E-state index in [-0.39, 0.29) is 11.9 Å². The van der Waals surface area contributed by atoms with Gasteiger partial charge in [-0.2, -0.15) is 0 Å². The lowest BCUT2D eigenvalue weighted by molar-refractivity contribution is -0.122. The first-order chi connectivity index (χ1) is 11.1. The molecule has 1 unspecified atom stereocenters. The third-order valence-corrected chi connectivity index (χ3v) is 3.69. The molecule has 0 radical (unpaired) electrons. The smallest absolute Gasteiger partial charge is 0.220 e. The molecule has 0 spiro atoms. The third kappa shape index (κ3) is 5.57. The van der Waals surface area contributed by atoms with Crippen molar-refractivity contribution in [1.82, 2.24) is 10.3 Å². The van der Waals surface area contributed by atoms with E-state index in [4.69, 9.17) is 16.3 Å². The second-order valence-electron chi connectivity index (χ2n) is 5.41. The first-order valence-electron chi connectivity index (χ1n) is 7.65. The SMILES string of the molecule is Cc1cc(Cl)ccc1OCCCC(=O)NC(C)c1ccccn1. The monoisotopic (exact) mass is 332 g/mol. The van der Waals surface area contributed by atoms with E-state index in [0.717, 1.165) is 17.0 Å². The van der Waals surface area contributed by atoms with Crippen LogP contribution in [0.5, 0.6) is 5.75 Å². The molecule has 1 heterocycles. The molecule has 0 aliphatic heterocycles. The molecule has 23 heavy (non-hydrogen) atoms. The summed E-state index contributed by atoms with van der Waals surface area (Å²) in [5.41, 5.74) is 1.85. The quantitative estimate of drug-likeness (QED) is 0.777. The fourth-order valence-corrected chi connectivity index (χ4v) is 2.44. The molecule has 0 bridgehead atoms. The number of hydrogen-bond acceptors (Lipinski definition) is 3. The Morgan fingerprint density at radius 3 is 2.87 bits per heavy atom. The van der Waals surface area contributed by atoms with Gasteiger partial charge >= 0.3 is 0 Å². The second-order valence-corrected chi connectivity index (χ2v) is 5.84. The minimum Gasteiger partial charge on any atom is -0.493 e. The molecule has 5 heteroatoms. The molecule has 0 saturated heterocycles. The zero-order valence-corrected chi connectivity index (χ0v) is 14.1. The molecule has 0 aliphatic rings. The molecular formula is C18H21ClN2O2. The number of aryl methyl sites for hydroxylation is 1. The van der Waals surface area contributed by atoms with Gasteiger partial charge in [0.15, 0.2) is 0 Å². The lowest BCUT2D eigenvalue weighted by Gasteiger charge is -2.13. The van der Waals surface area contributed by atoms with E-state index < -0.39 is 0 Å². The highest BCUT2D eigenvalue weighted by Crippen LogP contribution is 2.21. The highest BCUT2D eigenvalue weighted by atomic mass is 35.5. The van der Waals surface area contributed by atoms with Crippen LogP contribution in [0.25, 0.3) is 0 Å². The largest absolute Gasteiger partial charge is 0.493 e. The van der Waals surface area contributed by atoms with E-state index in [1.807, 2.05) is 44.2 Å². The molecule has 1 N–H and O–H groups in total. The zero-order chi connectivity index (χ0) is 16.7. The average molecular weight is 333 g/mol. The Morgan fingerprint density at radius 1 is 1.35 bits per heavy atom. The van der Waals surface area contributed by atoms with Crippen molar-refractivity contribution in [2.45, 2.75) is 32.7 Å². The fourth-order valence-electron chi connectivity index (χ4n) is 2.21. The van der Waals surface area contributed by atoms with Gasteiger partial charge in [-0.1, -0.05) is 17.7 Å². The number of rotatable bonds is 7. The normalized spacial score (nSPS) is 11.8. The summed E-state index contributed by atoms with van der Waals surface area (Å²) in [5, 5.41) is 3.63. The summed E-state index contributed by atoms with van der Waals surface area (Å²) in [6, 6.07) is 11.1. The first-order valence-corrected chi connectivity index (χ1v) is 8.03. The van der Waals surface area contributed by atoms with Gasteiger partial charge in [-0.05, 0) is 56.2 Å². The van der Waals surface area contributed by atoms with Gasteiger partial charge < -0.3 is 10.1 Å². The molecule has 1 aromatic carbocycles. The van der Waals surface area contributed by atoms with E-state index in [2.05, 4.69) is 10.3 Å². The minimum absolute atomic E-state index is 0.000388. The predicted octanol–water partition coefficient (Wildman–Crippen LogP) is 4.08. The summed E-state index contributed by atoms with van der Waals surface area (Å²) < 4.78 is 5.68. The molecular weight excluding hydrogens is 312 g/mol. The van der Waals surface area contributed by atoms with Crippen LogP contribution >= 0.6 is 11.6 Å². The first kappa shape index (κ1) is 17.3. The Hall–Kier alpha value is -2.07. The Morgan fingerprint density at radius 2 is 2.17 bits per heavy atom. The number of halogens is 1. The van der Waals surface area contributed by atoms with Gasteiger partial charge in [0.1, 0.15) is 5.75 Å². The van der Waals surface area contributed by atoms with Crippen molar-refractivity contribution in [3.8, 4) is 5.75 Å². The fraction of sp³-hybridized carbons (Fsp3) is 0.333. The van der Waals surface area contributed by atoms with Crippen molar-refractivity contribution in [1.29, 1.82) is 0 Å². The predicted molar refractivity (Wildman–Crippen MR) is 91.7 cm³/mol. The van der Waals surface area contributed by atoms with Gasteiger partial charge in [0.25, 0.3) is 0 Å². The van der Waals surface area contributed by atoms with Crippen molar-refractivity contribution in [3.05, 3.63) is 58.9 Å². The van der Waals surface area contributed by atoms with Crippen molar-refractivity contribution in [2.24, 2.45) is 0 Å². The van der Waals surface area contributed by atoms with E-state index in [1.54, 1.807) is 12.3 Å². The van der Waals surface area contributed by atoms with Crippen LogP contribution in [-0.4, -0.2) is 17.5 Å². The number of pyridine rings is 1. The molecule has 0 fully saturated rings. The summed E-state index contributed by atoms with van der Waals surface area (Å²) in [6.45, 7) is 4.37. The maximum Gasteiger partial charge on any atom is 0.220 e. The van der Waals surface area contributed by atoms with Gasteiger partial charge in [-0.25, -0.2) is 0 Å². The van der Waals surface area contributed by atoms with Crippen LogP contribution in [0.15, 0.2) is 42.6 Å². The number of hydrogen-bond donors (Lipinski definition) is 1. The molecule has 0 saturated carbocycles. The molecule has 2 aromatic rings. The summed E-state index contributed by atoms with van der Waals surface area (Å²) in [6.07, 6.45) is 2.80. The van der Waals surface area contributed by atoms with Gasteiger partial charge in [0, 0.05) is 17.6 Å². The molecule has 4 nitrogen and oxygen atoms in total. The summed E-state index contributed by atoms with van der Waals surface area (Å²) in [5.74, 6) is 0.802. The van der Waals surface area contributed by atoms with E-state index in [1.165, 1.54) is 0 Å². The Balaban J connectivity index is 1.70. The number of amides is 1. The molecule has 1 atom stereocenters. The van der Waals surface area contributed by atoms with Crippen LogP contribution < -0.4 is 10.1 Å². The van der Waals surface area contributed by atoms with Crippen LogP contribution in [0.3, 0.4) is 0 Å². The van der Waals surface area contributed by atoms with Crippen LogP contribution in [0.4, 0.5) is 0 Å². The van der Waals surface area contributed by atoms with Crippen LogP contribution in [0.2, 0.25) is 5.02 Å². The topological polar surface area (TPSA) is 51.2 Å². The number of nitrogens with zero attached hydrogens (tertiary/aromatic N) is 1. The molecule has 2 rings (SSSR count). The maximum atomic E-state index is 11.9. The Bertz CT molecular complexity index is 647. The average Bonchev–Trinajstić information content (AvgIpc) is 2.54. The summed E-state index contributed by atoms with van der Waals surface area (Å²) in [4.78, 5) is 16.2. The van der Waals surface area contributed by atoms with Gasteiger partial charge in [-0.3, -0.25) is 9.78 Å². The van der Waals surface area contributed by atoms with E-state index in [0.29, 0.717) is 24.5 Å². The van der Waals surface area contributed by atoms with Gasteiger partial charge in [-0.15, -0.1) is 0 Å². The zero-order valence-electron chi connectivity index (χ0n) is 13.4. The second kappa shape index (κ2) is 8.53. The highest BCUT2D eigenvalue weighted by molar-refractivity contribution is 6.30. The number of aromatic nitrogens is 1. The number of carbonyl (C=O) groups is 1. The highest BCUT2D eigenvalue weighted by Gasteiger charge is 2.10. The van der Waals surface area contributed by atoms with Crippen LogP contribution in [-0.2, 0) is 4.79 Å². The van der Waals surface area contributed by atoms with Crippen molar-refractivity contribution < 1.29 is 9.53 Å². The summed E-state index contributed by atoms with van der Waals surface area (Å²) in [7, 11) is 0. The van der Waals surface area contributed by atoms with Gasteiger partial charge in [0.2, 0.25) is 5.91 Å². The Labute approximate surface area is 141 Å². The summed E-state index contributed by atoms with van der Waals surface area (Å²) >= 11 is 5.91. The Kier molecular flexibility index (Phi) is 6.41. The van der Waals surface area contributed by atoms with E-state index >= 15 is 0 Å². The van der Waals surface area contributed by atoms with Crippen molar-refractivity contribution >= 4 is 17.5 Å². The molecule has 1 aromatic heterocycles. The lowest BCUT2D eigenvalue weighted by atomic mass is 10.2. The lowest BCUT2D eigenvalue weighted by Crippen LogP contribution is -2.27. The maximum absolute atomic E-state index is 11.9. The third-order valence-electron chi connectivity index (χ3n) is 3.45.